The van der Waals surface area contributed by atoms with E-state index in [1.807, 2.05) is 12.1 Å². The van der Waals surface area contributed by atoms with Crippen LogP contribution in [0.3, 0.4) is 0 Å². The van der Waals surface area contributed by atoms with Crippen molar-refractivity contribution in [3.63, 3.8) is 0 Å². The normalized spacial score (nSPS) is 11.5. The molecule has 0 radical (unpaired) electrons. The topological polar surface area (TPSA) is 45.1 Å². The van der Waals surface area contributed by atoms with Crippen LogP contribution >= 0.6 is 11.3 Å². The summed E-state index contributed by atoms with van der Waals surface area (Å²) >= 11 is 1.52. The Balaban J connectivity index is 2.37. The maximum Gasteiger partial charge on any atom is 0.124 e. The molecule has 1 aromatic heterocycles. The Kier molecular flexibility index (Phi) is 3.07. The van der Waals surface area contributed by atoms with Crippen molar-refractivity contribution in [1.82, 2.24) is 4.98 Å². The van der Waals surface area contributed by atoms with E-state index in [9.17, 15) is 5.11 Å². The zero-order chi connectivity index (χ0) is 12.5. The predicted molar refractivity (Wildman–Crippen MR) is 72.6 cm³/mol. The fourth-order valence-corrected chi connectivity index (χ4v) is 2.24. The standard InChI is InChI=1S/C13H16N2OS/c1-13(2,3)15-9-4-5-11(16)10(6-9)12-7-14-8-17-12/h4-8,15-16H,1-3H3. The molecule has 1 aromatic carbocycles. The number of hydrogen-bond acceptors (Lipinski definition) is 4. The molecular formula is C13H16N2OS. The smallest absolute Gasteiger partial charge is 0.124 e. The first-order valence-electron chi connectivity index (χ1n) is 5.46. The highest BCUT2D eigenvalue weighted by Crippen LogP contribution is 2.34. The van der Waals surface area contributed by atoms with Gasteiger partial charge in [-0.15, -0.1) is 11.3 Å². The van der Waals surface area contributed by atoms with Crippen LogP contribution in [0.15, 0.2) is 29.9 Å². The zero-order valence-corrected chi connectivity index (χ0v) is 11.0. The molecule has 0 aliphatic carbocycles. The molecule has 0 saturated heterocycles. The van der Waals surface area contributed by atoms with E-state index in [-0.39, 0.29) is 11.3 Å². The van der Waals surface area contributed by atoms with Crippen molar-refractivity contribution in [2.24, 2.45) is 0 Å². The number of phenolic OH excluding ortho intramolecular Hbond substituents is 1. The van der Waals surface area contributed by atoms with Gasteiger partial charge in [-0.25, -0.2) is 0 Å². The minimum absolute atomic E-state index is 0.00193. The van der Waals surface area contributed by atoms with Gasteiger partial charge >= 0.3 is 0 Å². The Morgan fingerprint density at radius 1 is 1.29 bits per heavy atom. The third-order valence-corrected chi connectivity index (χ3v) is 3.02. The van der Waals surface area contributed by atoms with Crippen molar-refractivity contribution in [3.05, 3.63) is 29.9 Å². The van der Waals surface area contributed by atoms with E-state index in [0.717, 1.165) is 16.1 Å². The number of phenols is 1. The Hall–Kier alpha value is -1.55. The summed E-state index contributed by atoms with van der Waals surface area (Å²) in [5.74, 6) is 0.286. The second-order valence-electron chi connectivity index (χ2n) is 4.97. The van der Waals surface area contributed by atoms with Gasteiger partial charge in [-0.05, 0) is 39.0 Å². The number of aromatic hydroxyl groups is 1. The summed E-state index contributed by atoms with van der Waals surface area (Å²) in [5, 5.41) is 13.2. The predicted octanol–water partition coefficient (Wildman–Crippen LogP) is 3.73. The number of benzene rings is 1. The highest BCUT2D eigenvalue weighted by Gasteiger charge is 2.12. The molecule has 2 aromatic rings. The van der Waals surface area contributed by atoms with Gasteiger partial charge in [0.25, 0.3) is 0 Å². The number of nitrogens with one attached hydrogen (secondary N) is 1. The lowest BCUT2D eigenvalue weighted by Crippen LogP contribution is -2.25. The van der Waals surface area contributed by atoms with Crippen LogP contribution in [-0.2, 0) is 0 Å². The quantitative estimate of drug-likeness (QED) is 0.796. The van der Waals surface area contributed by atoms with E-state index < -0.39 is 0 Å². The Morgan fingerprint density at radius 2 is 2.06 bits per heavy atom. The molecule has 0 amide bonds. The van der Waals surface area contributed by atoms with Crippen molar-refractivity contribution in [2.75, 3.05) is 5.32 Å². The Labute approximate surface area is 105 Å². The van der Waals surface area contributed by atoms with Crippen LogP contribution in [0.5, 0.6) is 5.75 Å². The number of anilines is 1. The average Bonchev–Trinajstić information content (AvgIpc) is 2.72. The molecule has 0 saturated carbocycles. The first-order chi connectivity index (χ1) is 7.96. The van der Waals surface area contributed by atoms with Gasteiger partial charge in [-0.3, -0.25) is 4.98 Å². The van der Waals surface area contributed by atoms with Crippen molar-refractivity contribution >= 4 is 17.0 Å². The molecule has 2 N–H and O–H groups in total. The van der Waals surface area contributed by atoms with Crippen molar-refractivity contribution in [1.29, 1.82) is 0 Å². The minimum Gasteiger partial charge on any atom is -0.507 e. The van der Waals surface area contributed by atoms with Crippen LogP contribution in [0.4, 0.5) is 5.69 Å². The largest absolute Gasteiger partial charge is 0.507 e. The van der Waals surface area contributed by atoms with E-state index in [4.69, 9.17) is 0 Å². The van der Waals surface area contributed by atoms with Crippen molar-refractivity contribution < 1.29 is 5.11 Å². The molecule has 0 fully saturated rings. The fourth-order valence-electron chi connectivity index (χ4n) is 1.59. The lowest BCUT2D eigenvalue weighted by Gasteiger charge is -2.22. The lowest BCUT2D eigenvalue weighted by molar-refractivity contribution is 0.477. The number of rotatable bonds is 2. The maximum atomic E-state index is 9.86. The van der Waals surface area contributed by atoms with Gasteiger partial charge < -0.3 is 10.4 Å². The molecule has 0 aliphatic heterocycles. The zero-order valence-electron chi connectivity index (χ0n) is 10.2. The highest BCUT2D eigenvalue weighted by atomic mass is 32.1. The second-order valence-corrected chi connectivity index (χ2v) is 5.86. The third-order valence-electron chi connectivity index (χ3n) is 2.21. The van der Waals surface area contributed by atoms with Crippen LogP contribution in [0, 0.1) is 0 Å². The van der Waals surface area contributed by atoms with Crippen LogP contribution in [0.25, 0.3) is 10.4 Å². The minimum atomic E-state index is 0.00193. The molecule has 90 valence electrons. The maximum absolute atomic E-state index is 9.86. The number of aromatic nitrogens is 1. The van der Waals surface area contributed by atoms with Gasteiger partial charge in [0.2, 0.25) is 0 Å². The summed E-state index contributed by atoms with van der Waals surface area (Å²) in [6.45, 7) is 6.31. The van der Waals surface area contributed by atoms with Crippen LogP contribution in [0.2, 0.25) is 0 Å². The molecule has 2 rings (SSSR count). The fraction of sp³-hybridized carbons (Fsp3) is 0.308. The SMILES string of the molecule is CC(C)(C)Nc1ccc(O)c(-c2cncs2)c1. The van der Waals surface area contributed by atoms with Gasteiger partial charge in [-0.2, -0.15) is 0 Å². The Bertz CT molecular complexity index is 501. The molecule has 0 atom stereocenters. The average molecular weight is 248 g/mol. The van der Waals surface area contributed by atoms with E-state index in [2.05, 4.69) is 31.1 Å². The van der Waals surface area contributed by atoms with Crippen LogP contribution in [0.1, 0.15) is 20.8 Å². The summed E-state index contributed by atoms with van der Waals surface area (Å²) in [6.07, 6.45) is 1.76. The summed E-state index contributed by atoms with van der Waals surface area (Å²) < 4.78 is 0. The van der Waals surface area contributed by atoms with Gasteiger partial charge in [-0.1, -0.05) is 0 Å². The van der Waals surface area contributed by atoms with E-state index >= 15 is 0 Å². The lowest BCUT2D eigenvalue weighted by atomic mass is 10.1. The monoisotopic (exact) mass is 248 g/mol. The van der Waals surface area contributed by atoms with Gasteiger partial charge in [0, 0.05) is 23.0 Å². The summed E-state index contributed by atoms with van der Waals surface area (Å²) in [6, 6.07) is 5.54. The van der Waals surface area contributed by atoms with Crippen molar-refractivity contribution in [2.45, 2.75) is 26.3 Å². The van der Waals surface area contributed by atoms with Gasteiger partial charge in [0.05, 0.1) is 10.4 Å². The molecule has 4 heteroatoms. The first kappa shape index (κ1) is 11.9. The van der Waals surface area contributed by atoms with E-state index in [1.165, 1.54) is 11.3 Å². The molecule has 1 heterocycles. The first-order valence-corrected chi connectivity index (χ1v) is 6.34. The van der Waals surface area contributed by atoms with E-state index in [1.54, 1.807) is 17.8 Å². The summed E-state index contributed by atoms with van der Waals surface area (Å²) in [4.78, 5) is 5.00. The molecule has 3 nitrogen and oxygen atoms in total. The number of nitrogens with zero attached hydrogens (tertiary/aromatic N) is 1. The molecule has 0 spiro atoms. The third kappa shape index (κ3) is 2.97. The van der Waals surface area contributed by atoms with Crippen LogP contribution < -0.4 is 5.32 Å². The molecule has 0 bridgehead atoms. The van der Waals surface area contributed by atoms with Crippen molar-refractivity contribution in [3.8, 4) is 16.2 Å². The van der Waals surface area contributed by atoms with Gasteiger partial charge in [0.15, 0.2) is 0 Å². The molecule has 0 unspecified atom stereocenters. The Morgan fingerprint density at radius 3 is 2.65 bits per heavy atom. The summed E-state index contributed by atoms with van der Waals surface area (Å²) in [5.41, 5.74) is 3.58. The number of hydrogen-bond donors (Lipinski definition) is 2. The molecular weight excluding hydrogens is 232 g/mol. The molecule has 17 heavy (non-hydrogen) atoms. The number of thiazole rings is 1. The van der Waals surface area contributed by atoms with Gasteiger partial charge in [0.1, 0.15) is 5.75 Å². The van der Waals surface area contributed by atoms with Crippen LogP contribution in [-0.4, -0.2) is 15.6 Å². The summed E-state index contributed by atoms with van der Waals surface area (Å²) in [7, 11) is 0. The van der Waals surface area contributed by atoms with E-state index in [0.29, 0.717) is 0 Å². The molecule has 0 aliphatic rings. The highest BCUT2D eigenvalue weighted by molar-refractivity contribution is 7.13. The second kappa shape index (κ2) is 4.37.